The van der Waals surface area contributed by atoms with E-state index in [0.717, 1.165) is 26.1 Å². The van der Waals surface area contributed by atoms with Gasteiger partial charge in [0, 0.05) is 38.8 Å². The SMILES string of the molecule is CCC1CNC(Cc2ccccc2)CN1CC(C)OC. The smallest absolute Gasteiger partial charge is 0.0670 e. The van der Waals surface area contributed by atoms with Crippen LogP contribution in [0.1, 0.15) is 25.8 Å². The lowest BCUT2D eigenvalue weighted by molar-refractivity contribution is 0.0400. The monoisotopic (exact) mass is 276 g/mol. The molecule has 0 spiro atoms. The molecule has 0 amide bonds. The van der Waals surface area contributed by atoms with Gasteiger partial charge in [-0.3, -0.25) is 4.90 Å². The highest BCUT2D eigenvalue weighted by atomic mass is 16.5. The molecule has 3 nitrogen and oxygen atoms in total. The van der Waals surface area contributed by atoms with Crippen molar-refractivity contribution in [1.82, 2.24) is 10.2 Å². The summed E-state index contributed by atoms with van der Waals surface area (Å²) in [6.07, 6.45) is 2.61. The van der Waals surface area contributed by atoms with Crippen LogP contribution in [0.15, 0.2) is 30.3 Å². The number of hydrogen-bond acceptors (Lipinski definition) is 3. The molecule has 20 heavy (non-hydrogen) atoms. The number of ether oxygens (including phenoxy) is 1. The predicted molar refractivity (Wildman–Crippen MR) is 84.1 cm³/mol. The minimum Gasteiger partial charge on any atom is -0.380 e. The van der Waals surface area contributed by atoms with Gasteiger partial charge >= 0.3 is 0 Å². The van der Waals surface area contributed by atoms with E-state index in [1.54, 1.807) is 7.11 Å². The zero-order valence-electron chi connectivity index (χ0n) is 13.0. The fourth-order valence-electron chi connectivity index (χ4n) is 2.99. The summed E-state index contributed by atoms with van der Waals surface area (Å²) in [5, 5.41) is 3.71. The molecule has 1 saturated heterocycles. The molecule has 3 heteroatoms. The lowest BCUT2D eigenvalue weighted by Gasteiger charge is -2.41. The van der Waals surface area contributed by atoms with E-state index in [1.807, 2.05) is 0 Å². The zero-order chi connectivity index (χ0) is 14.4. The Morgan fingerprint density at radius 3 is 2.75 bits per heavy atom. The molecule has 2 rings (SSSR count). The second-order valence-corrected chi connectivity index (χ2v) is 5.86. The summed E-state index contributed by atoms with van der Waals surface area (Å²) in [7, 11) is 1.80. The summed E-state index contributed by atoms with van der Waals surface area (Å²) >= 11 is 0. The number of hydrogen-bond donors (Lipinski definition) is 1. The van der Waals surface area contributed by atoms with Crippen molar-refractivity contribution in [2.75, 3.05) is 26.7 Å². The first-order valence-electron chi connectivity index (χ1n) is 7.77. The summed E-state index contributed by atoms with van der Waals surface area (Å²) in [4.78, 5) is 2.60. The van der Waals surface area contributed by atoms with Gasteiger partial charge in [-0.1, -0.05) is 37.3 Å². The maximum Gasteiger partial charge on any atom is 0.0670 e. The van der Waals surface area contributed by atoms with E-state index in [9.17, 15) is 0 Å². The molecule has 0 aromatic heterocycles. The van der Waals surface area contributed by atoms with Crippen LogP contribution < -0.4 is 5.32 Å². The first kappa shape index (κ1) is 15.5. The van der Waals surface area contributed by atoms with Crippen LogP contribution in [-0.2, 0) is 11.2 Å². The lowest BCUT2D eigenvalue weighted by Crippen LogP contribution is -2.58. The van der Waals surface area contributed by atoms with Crippen molar-refractivity contribution in [1.29, 1.82) is 0 Å². The van der Waals surface area contributed by atoms with Crippen LogP contribution in [0.25, 0.3) is 0 Å². The van der Waals surface area contributed by atoms with Crippen LogP contribution in [0.5, 0.6) is 0 Å². The molecule has 3 unspecified atom stereocenters. The van der Waals surface area contributed by atoms with Crippen molar-refractivity contribution in [2.45, 2.75) is 44.9 Å². The molecule has 1 aromatic carbocycles. The third-order valence-electron chi connectivity index (χ3n) is 4.30. The normalized spacial score (nSPS) is 25.6. The Hall–Kier alpha value is -0.900. The summed E-state index contributed by atoms with van der Waals surface area (Å²) in [6.45, 7) is 7.66. The van der Waals surface area contributed by atoms with E-state index in [2.05, 4.69) is 54.4 Å². The van der Waals surface area contributed by atoms with Crippen LogP contribution >= 0.6 is 0 Å². The van der Waals surface area contributed by atoms with Crippen molar-refractivity contribution in [3.05, 3.63) is 35.9 Å². The highest BCUT2D eigenvalue weighted by Gasteiger charge is 2.27. The third-order valence-corrected chi connectivity index (χ3v) is 4.30. The summed E-state index contributed by atoms with van der Waals surface area (Å²) in [6, 6.07) is 11.9. The molecular formula is C17H28N2O. The molecule has 1 fully saturated rings. The van der Waals surface area contributed by atoms with Crippen molar-refractivity contribution in [2.24, 2.45) is 0 Å². The average Bonchev–Trinajstić information content (AvgIpc) is 2.48. The number of nitrogens with zero attached hydrogens (tertiary/aromatic N) is 1. The zero-order valence-corrected chi connectivity index (χ0v) is 13.0. The Morgan fingerprint density at radius 2 is 2.10 bits per heavy atom. The van der Waals surface area contributed by atoms with E-state index in [0.29, 0.717) is 18.2 Å². The summed E-state index contributed by atoms with van der Waals surface area (Å²) in [5.74, 6) is 0. The molecule has 112 valence electrons. The molecule has 1 aromatic rings. The van der Waals surface area contributed by atoms with Crippen LogP contribution in [0.2, 0.25) is 0 Å². The fourth-order valence-corrected chi connectivity index (χ4v) is 2.99. The maximum absolute atomic E-state index is 5.44. The molecule has 0 radical (unpaired) electrons. The first-order valence-corrected chi connectivity index (χ1v) is 7.77. The second-order valence-electron chi connectivity index (χ2n) is 5.86. The Kier molecular flexibility index (Phi) is 6.02. The van der Waals surface area contributed by atoms with Crippen molar-refractivity contribution >= 4 is 0 Å². The Balaban J connectivity index is 1.93. The van der Waals surface area contributed by atoms with Gasteiger partial charge in [0.15, 0.2) is 0 Å². The van der Waals surface area contributed by atoms with Crippen LogP contribution in [0.3, 0.4) is 0 Å². The van der Waals surface area contributed by atoms with Gasteiger partial charge in [0.2, 0.25) is 0 Å². The first-order chi connectivity index (χ1) is 9.72. The summed E-state index contributed by atoms with van der Waals surface area (Å²) < 4.78 is 5.44. The number of nitrogens with one attached hydrogen (secondary N) is 1. The molecule has 0 aliphatic carbocycles. The largest absolute Gasteiger partial charge is 0.380 e. The maximum atomic E-state index is 5.44. The predicted octanol–water partition coefficient (Wildman–Crippen LogP) is 2.32. The molecule has 1 aliphatic heterocycles. The van der Waals surface area contributed by atoms with E-state index < -0.39 is 0 Å². The van der Waals surface area contributed by atoms with E-state index in [1.165, 1.54) is 12.0 Å². The van der Waals surface area contributed by atoms with Gasteiger partial charge in [0.05, 0.1) is 6.10 Å². The highest BCUT2D eigenvalue weighted by molar-refractivity contribution is 5.16. The van der Waals surface area contributed by atoms with Gasteiger partial charge in [0.25, 0.3) is 0 Å². The Bertz CT molecular complexity index is 382. The molecule has 1 aliphatic rings. The van der Waals surface area contributed by atoms with Crippen LogP contribution in [-0.4, -0.2) is 49.8 Å². The van der Waals surface area contributed by atoms with Gasteiger partial charge in [-0.25, -0.2) is 0 Å². The minimum atomic E-state index is 0.305. The van der Waals surface area contributed by atoms with Gasteiger partial charge < -0.3 is 10.1 Å². The molecule has 0 saturated carbocycles. The summed E-state index contributed by atoms with van der Waals surface area (Å²) in [5.41, 5.74) is 1.42. The quantitative estimate of drug-likeness (QED) is 0.863. The number of benzene rings is 1. The van der Waals surface area contributed by atoms with E-state index in [-0.39, 0.29) is 0 Å². The number of methoxy groups -OCH3 is 1. The fraction of sp³-hybridized carbons (Fsp3) is 0.647. The van der Waals surface area contributed by atoms with Crippen molar-refractivity contribution < 1.29 is 4.74 Å². The number of rotatable bonds is 6. The Morgan fingerprint density at radius 1 is 1.35 bits per heavy atom. The third kappa shape index (κ3) is 4.30. The molecule has 1 heterocycles. The topological polar surface area (TPSA) is 24.5 Å². The Labute approximate surface area is 123 Å². The van der Waals surface area contributed by atoms with Crippen LogP contribution in [0.4, 0.5) is 0 Å². The highest BCUT2D eigenvalue weighted by Crippen LogP contribution is 2.14. The molecular weight excluding hydrogens is 248 g/mol. The van der Waals surface area contributed by atoms with Gasteiger partial charge in [-0.15, -0.1) is 0 Å². The van der Waals surface area contributed by atoms with Crippen LogP contribution in [0, 0.1) is 0 Å². The van der Waals surface area contributed by atoms with Gasteiger partial charge in [-0.2, -0.15) is 0 Å². The standard InChI is InChI=1S/C17H28N2O/c1-4-17-11-18-16(10-15-8-6-5-7-9-15)13-19(17)12-14(2)20-3/h5-9,14,16-18H,4,10-13H2,1-3H3. The lowest BCUT2D eigenvalue weighted by atomic mass is 10.0. The van der Waals surface area contributed by atoms with Crippen molar-refractivity contribution in [3.63, 3.8) is 0 Å². The van der Waals surface area contributed by atoms with Crippen molar-refractivity contribution in [3.8, 4) is 0 Å². The molecule has 1 N–H and O–H groups in total. The van der Waals surface area contributed by atoms with Gasteiger partial charge in [-0.05, 0) is 25.3 Å². The van der Waals surface area contributed by atoms with E-state index >= 15 is 0 Å². The second kappa shape index (κ2) is 7.77. The van der Waals surface area contributed by atoms with Gasteiger partial charge in [0.1, 0.15) is 0 Å². The van der Waals surface area contributed by atoms with E-state index in [4.69, 9.17) is 4.74 Å². The number of piperazine rings is 1. The molecule has 3 atom stereocenters. The average molecular weight is 276 g/mol. The molecule has 0 bridgehead atoms. The minimum absolute atomic E-state index is 0.305.